The van der Waals surface area contributed by atoms with Crippen molar-refractivity contribution in [1.82, 2.24) is 15.0 Å². The molecule has 0 saturated carbocycles. The van der Waals surface area contributed by atoms with E-state index in [1.165, 1.54) is 6.07 Å². The zero-order valence-corrected chi connectivity index (χ0v) is 50.6. The fourth-order valence-electron chi connectivity index (χ4n) is 8.47. The van der Waals surface area contributed by atoms with Crippen LogP contribution in [-0.2, 0) is 9.31 Å². The maximum atomic E-state index is 13.7. The summed E-state index contributed by atoms with van der Waals surface area (Å²) in [5.74, 6) is -0.816. The Balaban J connectivity index is 0.000000157. The fraction of sp³-hybridized carbons (Fsp3) is 0.159. The van der Waals surface area contributed by atoms with Crippen molar-refractivity contribution >= 4 is 125 Å². The topological polar surface area (TPSA) is 195 Å². The van der Waals surface area contributed by atoms with Gasteiger partial charge in [0.05, 0.1) is 21.0 Å². The second-order valence-corrected chi connectivity index (χ2v) is 21.5. The standard InChI is InChI=1S/C21H14F2N2O2.C14H12N2O.C11H17BN2O2.C9H7BrO.C7H3ClF2O.CH2Cl2/c1-12-19(14-5-2-3-8-17(14)27-12)13-9-10-18(24-11-13)25-21(26)20-15(22)6-4-7-16(20)23;1-9-14(10-6-7-13(15)16-8-10)11-4-2-3-5-12(11)17-9;1-10(2)11(3,4)16-12(15-10)8-5-6-9(13)14-7-8;1-6-9(10)7-4-2-3-5-8(7)11-6;8-7(11)6-4(9)2-1-3-5(6)10;2-1-3/h2-11H,1H3,(H,24,25,26);2-8H,1H3,(H2,15,16);5-7H,1-4H3,(H2,13,14);2-5H,1H3;1-3H;1H2. The minimum absolute atomic E-state index is 0.192. The molecular weight excluding hydrogens is 1230 g/mol. The first kappa shape index (κ1) is 64.5. The van der Waals surface area contributed by atoms with Crippen LogP contribution in [0.2, 0.25) is 0 Å². The van der Waals surface area contributed by atoms with E-state index in [4.69, 9.17) is 68.8 Å². The van der Waals surface area contributed by atoms with Gasteiger partial charge in [-0.3, -0.25) is 9.59 Å². The van der Waals surface area contributed by atoms with Crippen molar-refractivity contribution in [3.8, 4) is 22.3 Å². The van der Waals surface area contributed by atoms with E-state index >= 15 is 0 Å². The first-order chi connectivity index (χ1) is 40.4. The van der Waals surface area contributed by atoms with E-state index in [2.05, 4.69) is 42.3 Å². The third-order valence-electron chi connectivity index (χ3n) is 13.3. The second-order valence-electron chi connectivity index (χ2n) is 19.6. The number of rotatable bonds is 6. The fourth-order valence-corrected chi connectivity index (χ4v) is 9.06. The van der Waals surface area contributed by atoms with E-state index < -0.39 is 45.5 Å². The number of furan rings is 3. The van der Waals surface area contributed by atoms with Crippen LogP contribution in [0.15, 0.2) is 182 Å². The number of aromatic nitrogens is 3. The molecule has 1 aliphatic heterocycles. The highest BCUT2D eigenvalue weighted by atomic mass is 79.9. The Morgan fingerprint density at radius 3 is 1.34 bits per heavy atom. The average molecular weight is 1280 g/mol. The lowest BCUT2D eigenvalue weighted by atomic mass is 9.80. The van der Waals surface area contributed by atoms with Gasteiger partial charge in [0.1, 0.15) is 85.9 Å². The molecule has 6 aromatic heterocycles. The highest BCUT2D eigenvalue weighted by Crippen LogP contribution is 2.38. The Bertz CT molecular complexity index is 4040. The van der Waals surface area contributed by atoms with Gasteiger partial charge in [0.15, 0.2) is 0 Å². The molecule has 438 valence electrons. The third kappa shape index (κ3) is 15.8. The smallest absolute Gasteiger partial charge is 0.461 e. The minimum atomic E-state index is -1.12. The normalized spacial score (nSPS) is 12.7. The summed E-state index contributed by atoms with van der Waals surface area (Å²) in [6, 6.07) is 40.7. The number of para-hydroxylation sites is 3. The Labute approximate surface area is 510 Å². The molecule has 7 heterocycles. The average Bonchev–Trinajstić information content (AvgIpc) is 3.13. The number of carbonyl (C=O) groups is 2. The Morgan fingerprint density at radius 2 is 0.941 bits per heavy atom. The van der Waals surface area contributed by atoms with E-state index in [0.717, 1.165) is 113 Å². The lowest BCUT2D eigenvalue weighted by molar-refractivity contribution is 0.00578. The summed E-state index contributed by atoms with van der Waals surface area (Å²) in [6.45, 7) is 13.9. The van der Waals surface area contributed by atoms with Crippen molar-refractivity contribution in [3.63, 3.8) is 0 Å². The van der Waals surface area contributed by atoms with E-state index in [-0.39, 0.29) is 29.5 Å². The number of hydrogen-bond donors (Lipinski definition) is 3. The molecule has 1 aliphatic rings. The zero-order valence-electron chi connectivity index (χ0n) is 46.8. The Kier molecular flexibility index (Phi) is 21.8. The molecule has 0 aliphatic carbocycles. The van der Waals surface area contributed by atoms with E-state index in [1.807, 2.05) is 127 Å². The molecule has 0 unspecified atom stereocenters. The van der Waals surface area contributed by atoms with Crippen LogP contribution < -0.4 is 22.2 Å². The van der Waals surface area contributed by atoms with Gasteiger partial charge in [-0.1, -0.05) is 66.7 Å². The highest BCUT2D eigenvalue weighted by Gasteiger charge is 2.51. The number of carbonyl (C=O) groups excluding carboxylic acids is 2. The summed E-state index contributed by atoms with van der Waals surface area (Å²) in [6.07, 6.45) is 5.05. The van der Waals surface area contributed by atoms with Gasteiger partial charge >= 0.3 is 7.12 Å². The van der Waals surface area contributed by atoms with Crippen molar-refractivity contribution in [2.24, 2.45) is 0 Å². The van der Waals surface area contributed by atoms with Gasteiger partial charge < -0.3 is 39.3 Å². The number of amides is 1. The van der Waals surface area contributed by atoms with Crippen molar-refractivity contribution in [2.75, 3.05) is 22.1 Å². The van der Waals surface area contributed by atoms with Crippen LogP contribution in [0.1, 0.15) is 65.7 Å². The van der Waals surface area contributed by atoms with Gasteiger partial charge in [-0.2, -0.15) is 0 Å². The van der Waals surface area contributed by atoms with Crippen LogP contribution in [-0.4, -0.2) is 49.8 Å². The quantitative estimate of drug-likeness (QED) is 0.0618. The molecular formula is C63H55BBrCl3F4N6O7. The first-order valence-corrected chi connectivity index (χ1v) is 28.1. The number of halogens is 8. The Morgan fingerprint density at radius 1 is 0.541 bits per heavy atom. The number of aryl methyl sites for hydroxylation is 3. The van der Waals surface area contributed by atoms with Gasteiger partial charge in [0.25, 0.3) is 11.1 Å². The summed E-state index contributed by atoms with van der Waals surface area (Å²) >= 11 is 17.9. The number of alkyl halides is 2. The number of nitrogens with zero attached hydrogens (tertiary/aromatic N) is 3. The van der Waals surface area contributed by atoms with Crippen LogP contribution in [0.4, 0.5) is 35.0 Å². The van der Waals surface area contributed by atoms with Crippen LogP contribution in [0.3, 0.4) is 0 Å². The number of nitrogen functional groups attached to an aromatic ring is 2. The van der Waals surface area contributed by atoms with Crippen LogP contribution >= 0.6 is 50.7 Å². The monoisotopic (exact) mass is 1280 g/mol. The first-order valence-electron chi connectivity index (χ1n) is 25.8. The van der Waals surface area contributed by atoms with Crippen LogP contribution in [0.25, 0.3) is 55.2 Å². The maximum absolute atomic E-state index is 13.7. The molecule has 0 radical (unpaired) electrons. The lowest BCUT2D eigenvalue weighted by Crippen LogP contribution is -2.41. The second kappa shape index (κ2) is 28.7. The number of pyridine rings is 3. The SMILES string of the molecule is CC1(C)OB(c2ccc(N)nc2)OC1(C)C.Cc1oc2ccccc2c1-c1ccc(N)nc1.Cc1oc2ccccc2c1-c1ccc(NC(=O)c2c(F)cccc2F)nc1.Cc1oc2ccccc2c1Br.ClCCl.O=C(Cl)c1c(F)cccc1F. The van der Waals surface area contributed by atoms with Crippen molar-refractivity contribution in [1.29, 1.82) is 0 Å². The molecule has 0 bridgehead atoms. The number of fused-ring (bicyclic) bond motifs is 3. The van der Waals surface area contributed by atoms with Crippen molar-refractivity contribution in [2.45, 2.75) is 59.7 Å². The molecule has 5 N–H and O–H groups in total. The van der Waals surface area contributed by atoms with Gasteiger partial charge in [0, 0.05) is 62.5 Å². The van der Waals surface area contributed by atoms with E-state index in [1.54, 1.807) is 42.9 Å². The molecule has 11 aromatic rings. The number of nitrogens with one attached hydrogen (secondary N) is 1. The largest absolute Gasteiger partial charge is 0.496 e. The molecule has 1 saturated heterocycles. The number of benzene rings is 5. The lowest BCUT2D eigenvalue weighted by Gasteiger charge is -2.32. The minimum Gasteiger partial charge on any atom is -0.461 e. The van der Waals surface area contributed by atoms with Crippen LogP contribution in [0, 0.1) is 44.0 Å². The number of nitrogens with two attached hydrogens (primary N) is 2. The molecule has 0 atom stereocenters. The van der Waals surface area contributed by atoms with Crippen molar-refractivity contribution < 1.29 is 49.7 Å². The van der Waals surface area contributed by atoms with Gasteiger partial charge in [-0.05, 0) is 155 Å². The molecule has 0 spiro atoms. The third-order valence-corrected chi connectivity index (χ3v) is 14.5. The molecule has 5 aromatic carbocycles. The van der Waals surface area contributed by atoms with Crippen molar-refractivity contribution in [3.05, 3.63) is 220 Å². The van der Waals surface area contributed by atoms with E-state index in [0.29, 0.717) is 11.6 Å². The Hall–Kier alpha value is -8.04. The van der Waals surface area contributed by atoms with Gasteiger partial charge in [0.2, 0.25) is 0 Å². The number of anilines is 3. The molecule has 85 heavy (non-hydrogen) atoms. The van der Waals surface area contributed by atoms with Gasteiger partial charge in [-0.25, -0.2) is 32.5 Å². The molecule has 22 heteroatoms. The summed E-state index contributed by atoms with van der Waals surface area (Å²) < 4.78 is 82.3. The summed E-state index contributed by atoms with van der Waals surface area (Å²) in [5, 5.41) is 4.69. The summed E-state index contributed by atoms with van der Waals surface area (Å²) in [7, 11) is -0.363. The summed E-state index contributed by atoms with van der Waals surface area (Å²) in [4.78, 5) is 34.9. The molecule has 1 amide bonds. The summed E-state index contributed by atoms with van der Waals surface area (Å²) in [5.41, 5.74) is 16.5. The highest BCUT2D eigenvalue weighted by molar-refractivity contribution is 9.10. The molecule has 13 nitrogen and oxygen atoms in total. The maximum Gasteiger partial charge on any atom is 0.496 e. The number of hydrogen-bond acceptors (Lipinski definition) is 12. The zero-order chi connectivity index (χ0) is 61.8. The van der Waals surface area contributed by atoms with E-state index in [9.17, 15) is 27.2 Å². The molecule has 1 fully saturated rings. The predicted molar refractivity (Wildman–Crippen MR) is 333 cm³/mol. The molecule has 12 rings (SSSR count). The van der Waals surface area contributed by atoms with Crippen LogP contribution in [0.5, 0.6) is 0 Å². The predicted octanol–water partition coefficient (Wildman–Crippen LogP) is 17.0. The van der Waals surface area contributed by atoms with Gasteiger partial charge in [-0.15, -0.1) is 23.2 Å².